The maximum absolute atomic E-state index is 12.1. The van der Waals surface area contributed by atoms with E-state index in [1.165, 1.54) is 17.0 Å². The van der Waals surface area contributed by atoms with Gasteiger partial charge >= 0.3 is 5.97 Å². The number of carbonyl (C=O) groups is 2. The number of aromatic nitrogens is 2. The van der Waals surface area contributed by atoms with E-state index in [1.807, 2.05) is 0 Å². The molecule has 0 aliphatic carbocycles. The Balaban J connectivity index is 2.26. The molecule has 1 aromatic heterocycles. The predicted molar refractivity (Wildman–Crippen MR) is 61.1 cm³/mol. The van der Waals surface area contributed by atoms with E-state index in [0.717, 1.165) is 0 Å². The number of carboxylic acid groups (broad SMARTS) is 1. The summed E-state index contributed by atoms with van der Waals surface area (Å²) in [6, 6.07) is 1.66. The number of aliphatic carboxylic acids is 1. The van der Waals surface area contributed by atoms with Gasteiger partial charge in [-0.2, -0.15) is 5.10 Å². The lowest BCUT2D eigenvalue weighted by Gasteiger charge is -2.22. The molecule has 1 aliphatic rings. The van der Waals surface area contributed by atoms with E-state index in [9.17, 15) is 14.4 Å². The Morgan fingerprint density at radius 2 is 2.22 bits per heavy atom. The lowest BCUT2D eigenvalue weighted by Crippen LogP contribution is -2.43. The summed E-state index contributed by atoms with van der Waals surface area (Å²) in [4.78, 5) is 35.4. The predicted octanol–water partition coefficient (Wildman–Crippen LogP) is -0.295. The minimum Gasteiger partial charge on any atom is -0.480 e. The molecule has 2 rings (SSSR count). The van der Waals surface area contributed by atoms with Crippen molar-refractivity contribution in [1.82, 2.24) is 15.1 Å². The highest BCUT2D eigenvalue weighted by molar-refractivity contribution is 5.95. The summed E-state index contributed by atoms with van der Waals surface area (Å²) >= 11 is 0. The minimum absolute atomic E-state index is 0.0509. The van der Waals surface area contributed by atoms with Crippen molar-refractivity contribution in [2.24, 2.45) is 5.92 Å². The average molecular weight is 251 g/mol. The summed E-state index contributed by atoms with van der Waals surface area (Å²) in [6.07, 6.45) is 0.645. The van der Waals surface area contributed by atoms with Crippen molar-refractivity contribution in [2.75, 3.05) is 6.54 Å². The summed E-state index contributed by atoms with van der Waals surface area (Å²) in [6.45, 7) is 2.18. The van der Waals surface area contributed by atoms with Crippen molar-refractivity contribution < 1.29 is 14.7 Å². The van der Waals surface area contributed by atoms with Gasteiger partial charge < -0.3 is 10.0 Å². The Kier molecular flexibility index (Phi) is 3.14. The molecular weight excluding hydrogens is 238 g/mol. The van der Waals surface area contributed by atoms with Crippen LogP contribution in [0.3, 0.4) is 0 Å². The van der Waals surface area contributed by atoms with Crippen LogP contribution in [0.25, 0.3) is 0 Å². The van der Waals surface area contributed by atoms with Gasteiger partial charge in [0.2, 0.25) is 0 Å². The Hall–Kier alpha value is -2.18. The van der Waals surface area contributed by atoms with Gasteiger partial charge in [0.05, 0.1) is 0 Å². The fraction of sp³-hybridized carbons (Fsp3) is 0.455. The molecule has 1 amide bonds. The highest BCUT2D eigenvalue weighted by atomic mass is 16.4. The van der Waals surface area contributed by atoms with Crippen molar-refractivity contribution in [3.63, 3.8) is 0 Å². The fourth-order valence-electron chi connectivity index (χ4n) is 2.16. The summed E-state index contributed by atoms with van der Waals surface area (Å²) in [5, 5.41) is 14.9. The number of nitrogens with zero attached hydrogens (tertiary/aromatic N) is 2. The summed E-state index contributed by atoms with van der Waals surface area (Å²) in [5.74, 6) is -1.57. The Labute approximate surface area is 102 Å². The molecule has 0 spiro atoms. The van der Waals surface area contributed by atoms with E-state index in [-0.39, 0.29) is 11.6 Å². The van der Waals surface area contributed by atoms with Crippen LogP contribution in [-0.2, 0) is 4.79 Å². The second-order valence-corrected chi connectivity index (χ2v) is 4.35. The van der Waals surface area contributed by atoms with E-state index < -0.39 is 23.5 Å². The van der Waals surface area contributed by atoms with Crippen LogP contribution in [0.5, 0.6) is 0 Å². The molecule has 18 heavy (non-hydrogen) atoms. The number of hydrogen-bond donors (Lipinski definition) is 2. The molecule has 96 valence electrons. The SMILES string of the molecule is CC1CCN(C(=O)c2ccc(=O)[nH]n2)C1C(=O)O. The summed E-state index contributed by atoms with van der Waals surface area (Å²) in [5.41, 5.74) is -0.355. The maximum Gasteiger partial charge on any atom is 0.326 e. The zero-order chi connectivity index (χ0) is 13.3. The van der Waals surface area contributed by atoms with Gasteiger partial charge in [0.25, 0.3) is 11.5 Å². The van der Waals surface area contributed by atoms with E-state index in [4.69, 9.17) is 5.11 Å². The van der Waals surface area contributed by atoms with Gasteiger partial charge in [0.1, 0.15) is 11.7 Å². The van der Waals surface area contributed by atoms with Gasteiger partial charge in [-0.1, -0.05) is 6.92 Å². The first-order valence-electron chi connectivity index (χ1n) is 5.60. The number of rotatable bonds is 2. The lowest BCUT2D eigenvalue weighted by atomic mass is 10.0. The molecule has 7 nitrogen and oxygen atoms in total. The highest BCUT2D eigenvalue weighted by Crippen LogP contribution is 2.25. The Morgan fingerprint density at radius 3 is 2.78 bits per heavy atom. The number of carboxylic acids is 1. The van der Waals surface area contributed by atoms with E-state index in [1.54, 1.807) is 6.92 Å². The fourth-order valence-corrected chi connectivity index (χ4v) is 2.16. The normalized spacial score (nSPS) is 23.1. The molecule has 0 aromatic carbocycles. The molecule has 2 atom stereocenters. The van der Waals surface area contributed by atoms with E-state index in [2.05, 4.69) is 10.2 Å². The van der Waals surface area contributed by atoms with Gasteiger partial charge in [-0.25, -0.2) is 9.89 Å². The van der Waals surface area contributed by atoms with Crippen LogP contribution >= 0.6 is 0 Å². The maximum atomic E-state index is 12.1. The first kappa shape index (κ1) is 12.3. The number of hydrogen-bond acceptors (Lipinski definition) is 4. The van der Waals surface area contributed by atoms with Crippen molar-refractivity contribution in [2.45, 2.75) is 19.4 Å². The Bertz CT molecular complexity index is 519. The molecule has 7 heteroatoms. The molecule has 0 saturated carbocycles. The summed E-state index contributed by atoms with van der Waals surface area (Å²) in [7, 11) is 0. The van der Waals surface area contributed by atoms with Crippen LogP contribution in [0.15, 0.2) is 16.9 Å². The number of amides is 1. The topological polar surface area (TPSA) is 103 Å². The second-order valence-electron chi connectivity index (χ2n) is 4.35. The van der Waals surface area contributed by atoms with Gasteiger partial charge in [-0.3, -0.25) is 9.59 Å². The molecule has 2 heterocycles. The average Bonchev–Trinajstić information content (AvgIpc) is 2.71. The van der Waals surface area contributed by atoms with Crippen LogP contribution in [0.1, 0.15) is 23.8 Å². The minimum atomic E-state index is -1.02. The van der Waals surface area contributed by atoms with Crippen LogP contribution in [0.4, 0.5) is 0 Å². The molecule has 0 bridgehead atoms. The van der Waals surface area contributed by atoms with Gasteiger partial charge in [-0.05, 0) is 18.4 Å². The van der Waals surface area contributed by atoms with Gasteiger partial charge in [0.15, 0.2) is 0 Å². The van der Waals surface area contributed by atoms with Crippen LogP contribution in [-0.4, -0.2) is 44.7 Å². The molecule has 1 saturated heterocycles. The third kappa shape index (κ3) is 2.11. The first-order valence-corrected chi connectivity index (χ1v) is 5.60. The van der Waals surface area contributed by atoms with Crippen LogP contribution < -0.4 is 5.56 Å². The Morgan fingerprint density at radius 1 is 1.50 bits per heavy atom. The number of aromatic amines is 1. The molecule has 1 fully saturated rings. The number of nitrogens with one attached hydrogen (secondary N) is 1. The molecule has 1 aromatic rings. The smallest absolute Gasteiger partial charge is 0.326 e. The van der Waals surface area contributed by atoms with Crippen molar-refractivity contribution in [3.05, 3.63) is 28.2 Å². The quantitative estimate of drug-likeness (QED) is 0.751. The zero-order valence-corrected chi connectivity index (χ0v) is 9.79. The van der Waals surface area contributed by atoms with Gasteiger partial charge in [-0.15, -0.1) is 0 Å². The summed E-state index contributed by atoms with van der Waals surface area (Å²) < 4.78 is 0. The molecular formula is C11H13N3O4. The monoisotopic (exact) mass is 251 g/mol. The van der Waals surface area contributed by atoms with Crippen LogP contribution in [0, 0.1) is 5.92 Å². The second kappa shape index (κ2) is 4.59. The third-order valence-corrected chi connectivity index (χ3v) is 3.11. The first-order chi connectivity index (χ1) is 8.50. The highest BCUT2D eigenvalue weighted by Gasteiger charge is 2.40. The number of carbonyl (C=O) groups excluding carboxylic acids is 1. The number of likely N-dealkylation sites (tertiary alicyclic amines) is 1. The standard InChI is InChI=1S/C11H13N3O4/c1-6-4-5-14(9(6)11(17)18)10(16)7-2-3-8(15)13-12-7/h2-3,6,9H,4-5H2,1H3,(H,13,15)(H,17,18). The van der Waals surface area contributed by atoms with Crippen LogP contribution in [0.2, 0.25) is 0 Å². The molecule has 0 radical (unpaired) electrons. The van der Waals surface area contributed by atoms with Crippen molar-refractivity contribution >= 4 is 11.9 Å². The molecule has 2 unspecified atom stereocenters. The zero-order valence-electron chi connectivity index (χ0n) is 9.79. The van der Waals surface area contributed by atoms with E-state index >= 15 is 0 Å². The van der Waals surface area contributed by atoms with Gasteiger partial charge in [0, 0.05) is 12.6 Å². The lowest BCUT2D eigenvalue weighted by molar-refractivity contribution is -0.142. The van der Waals surface area contributed by atoms with Crippen molar-refractivity contribution in [3.8, 4) is 0 Å². The third-order valence-electron chi connectivity index (χ3n) is 3.11. The van der Waals surface area contributed by atoms with Crippen molar-refractivity contribution in [1.29, 1.82) is 0 Å². The molecule has 1 aliphatic heterocycles. The number of H-pyrrole nitrogens is 1. The van der Waals surface area contributed by atoms with E-state index in [0.29, 0.717) is 13.0 Å². The molecule has 2 N–H and O–H groups in total. The largest absolute Gasteiger partial charge is 0.480 e.